The van der Waals surface area contributed by atoms with Crippen molar-refractivity contribution in [3.63, 3.8) is 0 Å². The molecule has 0 atom stereocenters. The van der Waals surface area contributed by atoms with Gasteiger partial charge in [0.15, 0.2) is 5.79 Å². The number of carbonyl (C=O) groups is 2. The van der Waals surface area contributed by atoms with Crippen LogP contribution in [0.25, 0.3) is 0 Å². The van der Waals surface area contributed by atoms with Gasteiger partial charge >= 0.3 is 6.03 Å². The van der Waals surface area contributed by atoms with Crippen LogP contribution in [0, 0.1) is 0 Å². The second kappa shape index (κ2) is 2.58. The highest BCUT2D eigenvalue weighted by molar-refractivity contribution is 6.02. The summed E-state index contributed by atoms with van der Waals surface area (Å²) in [6, 6.07) is -0.593. The molecule has 6 heteroatoms. The minimum atomic E-state index is -1.46. The summed E-state index contributed by atoms with van der Waals surface area (Å²) in [6.07, 6.45) is 1.20. The molecule has 1 aliphatic rings. The number of amides is 3. The number of rotatable bonds is 2. The summed E-state index contributed by atoms with van der Waals surface area (Å²) in [5, 5.41) is 2.05. The van der Waals surface area contributed by atoms with E-state index in [0.29, 0.717) is 0 Å². The first-order valence-electron chi connectivity index (χ1n) is 3.30. The lowest BCUT2D eigenvalue weighted by molar-refractivity contribution is -0.118. The monoisotopic (exact) mass is 170 g/mol. The smallest absolute Gasteiger partial charge is 0.293 e. The fraction of sp³-hybridized carbons (Fsp3) is 0.333. The first-order chi connectivity index (χ1) is 5.47. The fourth-order valence-corrected chi connectivity index (χ4v) is 0.865. The molecule has 5 N–H and O–H groups in total. The maximum Gasteiger partial charge on any atom is 0.327 e. The Kier molecular flexibility index (Phi) is 1.87. The summed E-state index contributed by atoms with van der Waals surface area (Å²) >= 11 is 0. The molecule has 0 spiro atoms. The SMILES string of the molecule is C=CC(N)(N)N1CC(=O)NC1=O. The van der Waals surface area contributed by atoms with Crippen LogP contribution in [-0.4, -0.2) is 29.2 Å². The molecule has 0 unspecified atom stereocenters. The zero-order valence-corrected chi connectivity index (χ0v) is 6.41. The Balaban J connectivity index is 2.83. The summed E-state index contributed by atoms with van der Waals surface area (Å²) < 4.78 is 0. The number of urea groups is 1. The highest BCUT2D eigenvalue weighted by atomic mass is 16.2. The molecule has 0 aromatic rings. The van der Waals surface area contributed by atoms with E-state index in [1.54, 1.807) is 0 Å². The van der Waals surface area contributed by atoms with E-state index in [-0.39, 0.29) is 6.54 Å². The zero-order chi connectivity index (χ0) is 9.35. The molecular weight excluding hydrogens is 160 g/mol. The Hall–Kier alpha value is -1.40. The minimum absolute atomic E-state index is 0.127. The van der Waals surface area contributed by atoms with Gasteiger partial charge in [0, 0.05) is 0 Å². The predicted molar refractivity (Wildman–Crippen MR) is 41.5 cm³/mol. The summed E-state index contributed by atoms with van der Waals surface area (Å²) in [4.78, 5) is 22.7. The first kappa shape index (κ1) is 8.69. The van der Waals surface area contributed by atoms with E-state index in [9.17, 15) is 9.59 Å². The van der Waals surface area contributed by atoms with Gasteiger partial charge in [0.1, 0.15) is 6.54 Å². The standard InChI is InChI=1S/C6H10N4O2/c1-2-6(7,8)10-3-4(11)9-5(10)12/h2H,1,3,7-8H2,(H,9,11,12). The third kappa shape index (κ3) is 1.29. The van der Waals surface area contributed by atoms with Gasteiger partial charge in [0.2, 0.25) is 5.91 Å². The minimum Gasteiger partial charge on any atom is -0.293 e. The van der Waals surface area contributed by atoms with E-state index in [1.807, 2.05) is 5.32 Å². The average molecular weight is 170 g/mol. The van der Waals surface area contributed by atoms with Gasteiger partial charge in [-0.2, -0.15) is 0 Å². The van der Waals surface area contributed by atoms with Crippen LogP contribution < -0.4 is 16.8 Å². The molecule has 0 aromatic heterocycles. The molecule has 66 valence electrons. The van der Waals surface area contributed by atoms with Crippen LogP contribution in [0.15, 0.2) is 12.7 Å². The molecule has 0 aliphatic carbocycles. The maximum absolute atomic E-state index is 11.0. The molecule has 3 amide bonds. The largest absolute Gasteiger partial charge is 0.327 e. The van der Waals surface area contributed by atoms with Crippen LogP contribution in [0.3, 0.4) is 0 Å². The van der Waals surface area contributed by atoms with Crippen LogP contribution in [0.1, 0.15) is 0 Å². The number of nitrogens with one attached hydrogen (secondary N) is 1. The topological polar surface area (TPSA) is 101 Å². The van der Waals surface area contributed by atoms with Crippen LogP contribution in [-0.2, 0) is 4.79 Å². The van der Waals surface area contributed by atoms with Crippen molar-refractivity contribution in [3.05, 3.63) is 12.7 Å². The second-order valence-corrected chi connectivity index (χ2v) is 2.53. The number of carbonyl (C=O) groups excluding carboxylic acids is 2. The van der Waals surface area contributed by atoms with E-state index in [1.165, 1.54) is 6.08 Å². The number of hydrogen-bond donors (Lipinski definition) is 3. The molecule has 6 nitrogen and oxygen atoms in total. The third-order valence-electron chi connectivity index (χ3n) is 1.59. The van der Waals surface area contributed by atoms with Gasteiger partial charge in [-0.05, 0) is 6.08 Å². The predicted octanol–water partition coefficient (Wildman–Crippen LogP) is -1.70. The van der Waals surface area contributed by atoms with Crippen molar-refractivity contribution in [1.82, 2.24) is 10.2 Å². The molecule has 0 aromatic carbocycles. The van der Waals surface area contributed by atoms with Crippen molar-refractivity contribution in [2.24, 2.45) is 11.5 Å². The normalized spacial score (nSPS) is 18.0. The molecule has 1 rings (SSSR count). The lowest BCUT2D eigenvalue weighted by Crippen LogP contribution is -2.62. The van der Waals surface area contributed by atoms with Crippen LogP contribution in [0.2, 0.25) is 0 Å². The summed E-state index contributed by atoms with van der Waals surface area (Å²) in [6.45, 7) is 3.23. The van der Waals surface area contributed by atoms with Gasteiger partial charge in [0.25, 0.3) is 0 Å². The van der Waals surface area contributed by atoms with Crippen molar-refractivity contribution in [3.8, 4) is 0 Å². The molecule has 1 fully saturated rings. The second-order valence-electron chi connectivity index (χ2n) is 2.53. The van der Waals surface area contributed by atoms with Gasteiger partial charge in [0.05, 0.1) is 0 Å². The van der Waals surface area contributed by atoms with Crippen LogP contribution in [0.4, 0.5) is 4.79 Å². The molecule has 0 bridgehead atoms. The van der Waals surface area contributed by atoms with Gasteiger partial charge in [-0.1, -0.05) is 6.58 Å². The van der Waals surface area contributed by atoms with Gasteiger partial charge in [-0.3, -0.25) is 26.5 Å². The van der Waals surface area contributed by atoms with E-state index in [2.05, 4.69) is 6.58 Å². The lowest BCUT2D eigenvalue weighted by Gasteiger charge is -2.29. The molecule has 0 saturated carbocycles. The van der Waals surface area contributed by atoms with Crippen molar-refractivity contribution in [2.45, 2.75) is 5.79 Å². The van der Waals surface area contributed by atoms with E-state index in [0.717, 1.165) is 4.90 Å². The number of nitrogens with two attached hydrogens (primary N) is 2. The van der Waals surface area contributed by atoms with Crippen molar-refractivity contribution >= 4 is 11.9 Å². The van der Waals surface area contributed by atoms with Crippen molar-refractivity contribution in [2.75, 3.05) is 6.54 Å². The van der Waals surface area contributed by atoms with E-state index < -0.39 is 17.7 Å². The van der Waals surface area contributed by atoms with Gasteiger partial charge < -0.3 is 0 Å². The Morgan fingerprint density at radius 2 is 2.17 bits per heavy atom. The van der Waals surface area contributed by atoms with Crippen LogP contribution in [0.5, 0.6) is 0 Å². The van der Waals surface area contributed by atoms with Gasteiger partial charge in [-0.15, -0.1) is 0 Å². The summed E-state index contributed by atoms with van der Waals surface area (Å²) in [7, 11) is 0. The summed E-state index contributed by atoms with van der Waals surface area (Å²) in [5.41, 5.74) is 10.9. The Morgan fingerprint density at radius 1 is 1.58 bits per heavy atom. The molecule has 1 aliphatic heterocycles. The molecule has 0 radical (unpaired) electrons. The highest BCUT2D eigenvalue weighted by Gasteiger charge is 2.36. The van der Waals surface area contributed by atoms with E-state index >= 15 is 0 Å². The molecular formula is C6H10N4O2. The number of hydrogen-bond acceptors (Lipinski definition) is 4. The molecule has 1 saturated heterocycles. The zero-order valence-electron chi connectivity index (χ0n) is 6.41. The average Bonchev–Trinajstić information content (AvgIpc) is 2.31. The third-order valence-corrected chi connectivity index (χ3v) is 1.59. The molecule has 1 heterocycles. The number of nitrogens with zero attached hydrogens (tertiary/aromatic N) is 1. The maximum atomic E-state index is 11.0. The lowest BCUT2D eigenvalue weighted by atomic mass is 10.3. The Labute approximate surface area is 69.2 Å². The van der Waals surface area contributed by atoms with Crippen molar-refractivity contribution in [1.29, 1.82) is 0 Å². The van der Waals surface area contributed by atoms with Crippen LogP contribution >= 0.6 is 0 Å². The van der Waals surface area contributed by atoms with E-state index in [4.69, 9.17) is 11.5 Å². The summed E-state index contributed by atoms with van der Waals surface area (Å²) in [5.74, 6) is -1.88. The fourth-order valence-electron chi connectivity index (χ4n) is 0.865. The van der Waals surface area contributed by atoms with Gasteiger partial charge in [-0.25, -0.2) is 4.79 Å². The quantitative estimate of drug-likeness (QED) is 0.261. The first-order valence-corrected chi connectivity index (χ1v) is 3.30. The molecule has 12 heavy (non-hydrogen) atoms. The highest BCUT2D eigenvalue weighted by Crippen LogP contribution is 2.07. The Bertz CT molecular complexity index is 248. The Morgan fingerprint density at radius 3 is 2.50 bits per heavy atom. The number of imide groups is 1. The van der Waals surface area contributed by atoms with Crippen molar-refractivity contribution < 1.29 is 9.59 Å².